The topological polar surface area (TPSA) is 12.0 Å². The molecule has 0 aromatic heterocycles. The molecule has 0 saturated heterocycles. The average Bonchev–Trinajstić information content (AvgIpc) is 2.73. The van der Waals surface area contributed by atoms with Crippen LogP contribution in [-0.2, 0) is 6.42 Å². The molecule has 1 nitrogen and oxygen atoms in total. The van der Waals surface area contributed by atoms with Crippen LogP contribution in [-0.4, -0.2) is 0 Å². The summed E-state index contributed by atoms with van der Waals surface area (Å²) in [5.41, 5.74) is 2.70. The Morgan fingerprint density at radius 2 is 1.84 bits per heavy atom. The fraction of sp³-hybridized carbons (Fsp3) is 0.200. The second-order valence-corrected chi connectivity index (χ2v) is 5.57. The van der Waals surface area contributed by atoms with Crippen LogP contribution in [0, 0.1) is 5.82 Å². The summed E-state index contributed by atoms with van der Waals surface area (Å²) < 4.78 is 13.7. The number of anilines is 1. The minimum Gasteiger partial charge on any atom is -0.378 e. The van der Waals surface area contributed by atoms with Crippen LogP contribution in [0.4, 0.5) is 10.1 Å². The number of halogens is 3. The zero-order valence-corrected chi connectivity index (χ0v) is 11.6. The molecule has 0 fully saturated rings. The lowest BCUT2D eigenvalue weighted by atomic mass is 10.1. The van der Waals surface area contributed by atoms with Crippen LogP contribution in [0.25, 0.3) is 0 Å². The lowest BCUT2D eigenvalue weighted by Crippen LogP contribution is -2.07. The van der Waals surface area contributed by atoms with Gasteiger partial charge in [0.1, 0.15) is 5.82 Å². The van der Waals surface area contributed by atoms with Gasteiger partial charge in [0.25, 0.3) is 0 Å². The maximum Gasteiger partial charge on any atom is 0.126 e. The molecule has 2 aromatic carbocycles. The molecule has 1 aliphatic rings. The van der Waals surface area contributed by atoms with Crippen molar-refractivity contribution in [2.75, 3.05) is 5.32 Å². The maximum atomic E-state index is 13.7. The van der Waals surface area contributed by atoms with Gasteiger partial charge in [0.2, 0.25) is 0 Å². The second kappa shape index (κ2) is 5.03. The number of hydrogen-bond donors (Lipinski definition) is 1. The molecule has 2 aromatic rings. The summed E-state index contributed by atoms with van der Waals surface area (Å²) in [7, 11) is 0. The van der Waals surface area contributed by atoms with Gasteiger partial charge in [-0.3, -0.25) is 0 Å². The molecule has 1 N–H and O–H groups in total. The van der Waals surface area contributed by atoms with Crippen molar-refractivity contribution in [3.8, 4) is 0 Å². The van der Waals surface area contributed by atoms with Gasteiger partial charge in [0.05, 0.1) is 6.04 Å². The second-order valence-electron chi connectivity index (χ2n) is 4.70. The number of nitrogens with one attached hydrogen (secondary N) is 1. The summed E-state index contributed by atoms with van der Waals surface area (Å²) in [6.45, 7) is 0. The van der Waals surface area contributed by atoms with Gasteiger partial charge in [-0.2, -0.15) is 0 Å². The first-order valence-electron chi connectivity index (χ1n) is 6.13. The minimum absolute atomic E-state index is 0.111. The molecule has 98 valence electrons. The third kappa shape index (κ3) is 2.56. The molecule has 19 heavy (non-hydrogen) atoms. The summed E-state index contributed by atoms with van der Waals surface area (Å²) in [6, 6.07) is 10.7. The van der Waals surface area contributed by atoms with E-state index in [4.69, 9.17) is 23.2 Å². The van der Waals surface area contributed by atoms with Crippen LogP contribution in [0.5, 0.6) is 0 Å². The predicted molar refractivity (Wildman–Crippen MR) is 77.5 cm³/mol. The van der Waals surface area contributed by atoms with E-state index in [1.807, 2.05) is 18.2 Å². The first kappa shape index (κ1) is 12.8. The van der Waals surface area contributed by atoms with Crippen LogP contribution >= 0.6 is 23.2 Å². The van der Waals surface area contributed by atoms with E-state index < -0.39 is 0 Å². The van der Waals surface area contributed by atoms with Crippen molar-refractivity contribution >= 4 is 28.9 Å². The van der Waals surface area contributed by atoms with Crippen molar-refractivity contribution in [2.45, 2.75) is 18.9 Å². The molecule has 4 heteroatoms. The predicted octanol–water partition coefficient (Wildman–Crippen LogP) is 5.23. The Hall–Kier alpha value is -1.25. The SMILES string of the molecule is Fc1cccc2c1CCC2Nc1cc(Cl)cc(Cl)c1. The molecule has 0 radical (unpaired) electrons. The zero-order chi connectivity index (χ0) is 13.4. The molecular formula is C15H12Cl2FN. The molecule has 1 atom stereocenters. The van der Waals surface area contributed by atoms with E-state index in [0.29, 0.717) is 10.0 Å². The molecular weight excluding hydrogens is 284 g/mol. The Morgan fingerprint density at radius 1 is 1.11 bits per heavy atom. The van der Waals surface area contributed by atoms with E-state index in [1.165, 1.54) is 6.07 Å². The molecule has 0 amide bonds. The van der Waals surface area contributed by atoms with Crippen LogP contribution in [0.15, 0.2) is 36.4 Å². The standard InChI is InChI=1S/C15H12Cl2FN/c16-9-6-10(17)8-11(7-9)19-15-5-4-12-13(15)2-1-3-14(12)18/h1-3,6-8,15,19H,4-5H2. The number of benzene rings is 2. The first-order valence-corrected chi connectivity index (χ1v) is 6.89. The van der Waals surface area contributed by atoms with Crippen molar-refractivity contribution < 1.29 is 4.39 Å². The van der Waals surface area contributed by atoms with E-state index in [2.05, 4.69) is 5.32 Å². The molecule has 0 aliphatic heterocycles. The van der Waals surface area contributed by atoms with Gasteiger partial charge < -0.3 is 5.32 Å². The number of rotatable bonds is 2. The molecule has 0 saturated carbocycles. The van der Waals surface area contributed by atoms with Crippen LogP contribution < -0.4 is 5.32 Å². The Balaban J connectivity index is 1.89. The van der Waals surface area contributed by atoms with E-state index in [9.17, 15) is 4.39 Å². The fourth-order valence-corrected chi connectivity index (χ4v) is 3.12. The summed E-state index contributed by atoms with van der Waals surface area (Å²) in [4.78, 5) is 0. The number of hydrogen-bond acceptors (Lipinski definition) is 1. The minimum atomic E-state index is -0.120. The molecule has 0 bridgehead atoms. The van der Waals surface area contributed by atoms with Crippen LogP contribution in [0.1, 0.15) is 23.6 Å². The average molecular weight is 296 g/mol. The van der Waals surface area contributed by atoms with Gasteiger partial charge in [-0.1, -0.05) is 35.3 Å². The summed E-state index contributed by atoms with van der Waals surface area (Å²) >= 11 is 12.0. The van der Waals surface area contributed by atoms with E-state index in [-0.39, 0.29) is 11.9 Å². The molecule has 1 unspecified atom stereocenters. The third-order valence-corrected chi connectivity index (χ3v) is 3.85. The molecule has 1 aliphatic carbocycles. The lowest BCUT2D eigenvalue weighted by molar-refractivity contribution is 0.612. The highest BCUT2D eigenvalue weighted by Gasteiger charge is 2.24. The number of fused-ring (bicyclic) bond motifs is 1. The summed E-state index contributed by atoms with van der Waals surface area (Å²) in [5.74, 6) is -0.120. The summed E-state index contributed by atoms with van der Waals surface area (Å²) in [5, 5.41) is 4.55. The Kier molecular flexibility index (Phi) is 3.38. The van der Waals surface area contributed by atoms with Crippen molar-refractivity contribution in [3.05, 3.63) is 63.4 Å². The fourth-order valence-electron chi connectivity index (χ4n) is 2.60. The van der Waals surface area contributed by atoms with Crippen molar-refractivity contribution in [1.29, 1.82) is 0 Å². The maximum absolute atomic E-state index is 13.7. The third-order valence-electron chi connectivity index (χ3n) is 3.42. The van der Waals surface area contributed by atoms with E-state index in [1.54, 1.807) is 12.1 Å². The lowest BCUT2D eigenvalue weighted by Gasteiger charge is -2.16. The monoisotopic (exact) mass is 295 g/mol. The highest BCUT2D eigenvalue weighted by Crippen LogP contribution is 2.36. The van der Waals surface area contributed by atoms with Gasteiger partial charge in [0.15, 0.2) is 0 Å². The normalized spacial score (nSPS) is 17.3. The Labute approximate surface area is 121 Å². The molecule has 3 rings (SSSR count). The van der Waals surface area contributed by atoms with E-state index in [0.717, 1.165) is 29.7 Å². The Bertz CT molecular complexity index is 607. The van der Waals surface area contributed by atoms with Crippen molar-refractivity contribution in [1.82, 2.24) is 0 Å². The zero-order valence-electron chi connectivity index (χ0n) is 10.1. The summed E-state index contributed by atoms with van der Waals surface area (Å²) in [6.07, 6.45) is 1.63. The highest BCUT2D eigenvalue weighted by molar-refractivity contribution is 6.35. The quantitative estimate of drug-likeness (QED) is 0.800. The van der Waals surface area contributed by atoms with Gasteiger partial charge in [-0.15, -0.1) is 0 Å². The smallest absolute Gasteiger partial charge is 0.126 e. The van der Waals surface area contributed by atoms with E-state index >= 15 is 0 Å². The van der Waals surface area contributed by atoms with Gasteiger partial charge in [-0.05, 0) is 48.2 Å². The van der Waals surface area contributed by atoms with Crippen molar-refractivity contribution in [2.24, 2.45) is 0 Å². The van der Waals surface area contributed by atoms with Crippen molar-refractivity contribution in [3.63, 3.8) is 0 Å². The Morgan fingerprint density at radius 3 is 2.58 bits per heavy atom. The van der Waals surface area contributed by atoms with Crippen LogP contribution in [0.3, 0.4) is 0 Å². The highest BCUT2D eigenvalue weighted by atomic mass is 35.5. The van der Waals surface area contributed by atoms with Gasteiger partial charge in [-0.25, -0.2) is 4.39 Å². The molecule has 0 spiro atoms. The van der Waals surface area contributed by atoms with Crippen LogP contribution in [0.2, 0.25) is 10.0 Å². The largest absolute Gasteiger partial charge is 0.378 e. The molecule has 0 heterocycles. The van der Waals surface area contributed by atoms with Gasteiger partial charge >= 0.3 is 0 Å². The van der Waals surface area contributed by atoms with Gasteiger partial charge in [0, 0.05) is 15.7 Å². The first-order chi connectivity index (χ1) is 9.13.